The number of nitrogens with one attached hydrogen (secondary N) is 2. The second-order valence-electron chi connectivity index (χ2n) is 5.26. The van der Waals surface area contributed by atoms with E-state index in [4.69, 9.17) is 0 Å². The van der Waals surface area contributed by atoms with Crippen molar-refractivity contribution >= 4 is 5.91 Å². The van der Waals surface area contributed by atoms with Gasteiger partial charge >= 0.3 is 0 Å². The average Bonchev–Trinajstić information content (AvgIpc) is 2.28. The van der Waals surface area contributed by atoms with Gasteiger partial charge < -0.3 is 10.6 Å². The maximum Gasteiger partial charge on any atom is 0.240 e. The van der Waals surface area contributed by atoms with Gasteiger partial charge in [0.1, 0.15) is 0 Å². The highest BCUT2D eigenvalue weighted by Gasteiger charge is 2.27. The molecule has 0 heterocycles. The normalized spacial score (nSPS) is 13.2. The summed E-state index contributed by atoms with van der Waals surface area (Å²) in [6.45, 7) is 10.6. The van der Waals surface area contributed by atoms with Gasteiger partial charge in [-0.05, 0) is 39.8 Å². The predicted molar refractivity (Wildman–Crippen MR) is 75.5 cm³/mol. The van der Waals surface area contributed by atoms with E-state index in [0.29, 0.717) is 0 Å². The third-order valence-corrected chi connectivity index (χ3v) is 3.08. The van der Waals surface area contributed by atoms with Gasteiger partial charge in [-0.15, -0.1) is 0 Å². The number of carbonyl (C=O) groups excluding carboxylic acids is 1. The number of likely N-dealkylation sites (N-methyl/N-ethyl adjacent to an activating group) is 1. The number of rotatable bonds is 5. The van der Waals surface area contributed by atoms with E-state index < -0.39 is 5.54 Å². The largest absolute Gasteiger partial charge is 0.348 e. The molecule has 3 heteroatoms. The quantitative estimate of drug-likeness (QED) is 0.841. The van der Waals surface area contributed by atoms with Gasteiger partial charge in [-0.3, -0.25) is 4.79 Å². The lowest BCUT2D eigenvalue weighted by Gasteiger charge is -2.27. The number of hydrogen-bond donors (Lipinski definition) is 2. The molecule has 0 aliphatic heterocycles. The van der Waals surface area contributed by atoms with E-state index >= 15 is 0 Å². The zero-order chi connectivity index (χ0) is 13.8. The Morgan fingerprint density at radius 3 is 2.61 bits per heavy atom. The van der Waals surface area contributed by atoms with Crippen LogP contribution in [0, 0.1) is 6.92 Å². The molecular weight excluding hydrogens is 224 g/mol. The highest BCUT2D eigenvalue weighted by atomic mass is 16.2. The fourth-order valence-electron chi connectivity index (χ4n) is 1.92. The number of amides is 1. The molecule has 0 fully saturated rings. The monoisotopic (exact) mass is 248 g/mol. The van der Waals surface area contributed by atoms with Crippen LogP contribution in [0.5, 0.6) is 0 Å². The Morgan fingerprint density at radius 2 is 2.06 bits per heavy atom. The number of hydrogen-bond acceptors (Lipinski definition) is 2. The van der Waals surface area contributed by atoms with E-state index in [1.807, 2.05) is 39.8 Å². The summed E-state index contributed by atoms with van der Waals surface area (Å²) in [6, 6.07) is 8.24. The van der Waals surface area contributed by atoms with Crippen molar-refractivity contribution in [2.75, 3.05) is 6.54 Å². The number of aryl methyl sites for hydroxylation is 1. The summed E-state index contributed by atoms with van der Waals surface area (Å²) in [4.78, 5) is 12.1. The molecule has 1 rings (SSSR count). The minimum Gasteiger partial charge on any atom is -0.348 e. The highest BCUT2D eigenvalue weighted by molar-refractivity contribution is 5.85. The Hall–Kier alpha value is -1.35. The van der Waals surface area contributed by atoms with Gasteiger partial charge in [0.25, 0.3) is 0 Å². The third-order valence-electron chi connectivity index (χ3n) is 3.08. The number of benzene rings is 1. The SMILES string of the molecule is CCNC(C)(C)C(=O)N[C@H](C)c1cccc(C)c1. The lowest BCUT2D eigenvalue weighted by atomic mass is 10.0. The van der Waals surface area contributed by atoms with Crippen molar-refractivity contribution in [2.45, 2.75) is 46.2 Å². The first-order valence-electron chi connectivity index (χ1n) is 6.49. The Labute approximate surface area is 110 Å². The predicted octanol–water partition coefficient (Wildman–Crippen LogP) is 2.56. The van der Waals surface area contributed by atoms with Gasteiger partial charge in [-0.1, -0.05) is 36.8 Å². The highest BCUT2D eigenvalue weighted by Crippen LogP contribution is 2.15. The molecule has 0 spiro atoms. The molecular formula is C15H24N2O. The third kappa shape index (κ3) is 3.84. The van der Waals surface area contributed by atoms with Crippen LogP contribution in [0.2, 0.25) is 0 Å². The summed E-state index contributed by atoms with van der Waals surface area (Å²) in [5, 5.41) is 6.22. The van der Waals surface area contributed by atoms with Gasteiger partial charge in [0.2, 0.25) is 5.91 Å². The molecule has 1 aromatic carbocycles. The van der Waals surface area contributed by atoms with Crippen LogP contribution in [0.25, 0.3) is 0 Å². The van der Waals surface area contributed by atoms with Crippen LogP contribution in [0.3, 0.4) is 0 Å². The zero-order valence-corrected chi connectivity index (χ0v) is 12.0. The Morgan fingerprint density at radius 1 is 1.39 bits per heavy atom. The summed E-state index contributed by atoms with van der Waals surface area (Å²) in [7, 11) is 0. The molecule has 0 unspecified atom stereocenters. The first-order valence-corrected chi connectivity index (χ1v) is 6.49. The molecule has 18 heavy (non-hydrogen) atoms. The van der Waals surface area contributed by atoms with E-state index in [2.05, 4.69) is 29.7 Å². The summed E-state index contributed by atoms with van der Waals surface area (Å²) >= 11 is 0. The minimum atomic E-state index is -0.535. The second-order valence-corrected chi connectivity index (χ2v) is 5.26. The topological polar surface area (TPSA) is 41.1 Å². The van der Waals surface area contributed by atoms with Crippen LogP contribution in [0.1, 0.15) is 44.9 Å². The minimum absolute atomic E-state index is 0.0235. The van der Waals surface area contributed by atoms with E-state index in [9.17, 15) is 4.79 Å². The first-order chi connectivity index (χ1) is 8.36. The molecule has 0 aromatic heterocycles. The lowest BCUT2D eigenvalue weighted by molar-refractivity contribution is -0.127. The van der Waals surface area contributed by atoms with Gasteiger partial charge in [-0.25, -0.2) is 0 Å². The van der Waals surface area contributed by atoms with Crippen LogP contribution in [-0.4, -0.2) is 18.0 Å². The molecule has 3 nitrogen and oxygen atoms in total. The van der Waals surface area contributed by atoms with Gasteiger partial charge in [0, 0.05) is 0 Å². The summed E-state index contributed by atoms with van der Waals surface area (Å²) in [6.07, 6.45) is 0. The summed E-state index contributed by atoms with van der Waals surface area (Å²) in [5.74, 6) is 0.0263. The van der Waals surface area contributed by atoms with Crippen molar-refractivity contribution in [3.63, 3.8) is 0 Å². The van der Waals surface area contributed by atoms with E-state index in [-0.39, 0.29) is 11.9 Å². The average molecular weight is 248 g/mol. The Balaban J connectivity index is 2.70. The standard InChI is InChI=1S/C15H24N2O/c1-6-16-15(4,5)14(18)17-12(3)13-9-7-8-11(2)10-13/h7-10,12,16H,6H2,1-5H3,(H,17,18)/t12-/m1/s1. The summed E-state index contributed by atoms with van der Waals surface area (Å²) in [5.41, 5.74) is 1.81. The van der Waals surface area contributed by atoms with Gasteiger partial charge in [-0.2, -0.15) is 0 Å². The van der Waals surface area contributed by atoms with Crippen molar-refractivity contribution in [1.82, 2.24) is 10.6 Å². The van der Waals surface area contributed by atoms with Crippen LogP contribution < -0.4 is 10.6 Å². The van der Waals surface area contributed by atoms with Crippen molar-refractivity contribution < 1.29 is 4.79 Å². The first kappa shape index (κ1) is 14.7. The molecule has 0 saturated heterocycles. The molecule has 1 amide bonds. The van der Waals surface area contributed by atoms with E-state index in [1.165, 1.54) is 5.56 Å². The van der Waals surface area contributed by atoms with Gasteiger partial charge in [0.15, 0.2) is 0 Å². The molecule has 100 valence electrons. The molecule has 0 bridgehead atoms. The molecule has 1 atom stereocenters. The van der Waals surface area contributed by atoms with Crippen LogP contribution >= 0.6 is 0 Å². The van der Waals surface area contributed by atoms with E-state index in [0.717, 1.165) is 12.1 Å². The van der Waals surface area contributed by atoms with Crippen LogP contribution in [0.15, 0.2) is 24.3 Å². The number of carbonyl (C=O) groups is 1. The Kier molecular flexibility index (Phi) is 4.91. The molecule has 0 aliphatic rings. The Bertz CT molecular complexity index is 413. The fourth-order valence-corrected chi connectivity index (χ4v) is 1.92. The van der Waals surface area contributed by atoms with E-state index in [1.54, 1.807) is 0 Å². The zero-order valence-electron chi connectivity index (χ0n) is 12.0. The summed E-state index contributed by atoms with van der Waals surface area (Å²) < 4.78 is 0. The molecule has 0 aliphatic carbocycles. The maximum absolute atomic E-state index is 12.1. The molecule has 0 radical (unpaired) electrons. The molecule has 1 aromatic rings. The van der Waals surface area contributed by atoms with Crippen LogP contribution in [-0.2, 0) is 4.79 Å². The fraction of sp³-hybridized carbons (Fsp3) is 0.533. The van der Waals surface area contributed by atoms with Crippen molar-refractivity contribution in [1.29, 1.82) is 0 Å². The van der Waals surface area contributed by atoms with Crippen molar-refractivity contribution in [3.05, 3.63) is 35.4 Å². The lowest BCUT2D eigenvalue weighted by Crippen LogP contribution is -2.52. The van der Waals surface area contributed by atoms with Crippen molar-refractivity contribution in [2.24, 2.45) is 0 Å². The molecule has 2 N–H and O–H groups in total. The van der Waals surface area contributed by atoms with Gasteiger partial charge in [0.05, 0.1) is 11.6 Å². The van der Waals surface area contributed by atoms with Crippen molar-refractivity contribution in [3.8, 4) is 0 Å². The molecule has 0 saturated carbocycles. The second kappa shape index (κ2) is 6.01. The van der Waals surface area contributed by atoms with Crippen LogP contribution in [0.4, 0.5) is 0 Å². The smallest absolute Gasteiger partial charge is 0.240 e. The maximum atomic E-state index is 12.1.